The highest BCUT2D eigenvalue weighted by Gasteiger charge is 2.59. The number of rotatable bonds is 6. The van der Waals surface area contributed by atoms with E-state index in [0.717, 1.165) is 49.4 Å². The van der Waals surface area contributed by atoms with Gasteiger partial charge >= 0.3 is 0 Å². The van der Waals surface area contributed by atoms with E-state index in [0.29, 0.717) is 17.8 Å². The molecule has 4 nitrogen and oxygen atoms in total. The van der Waals surface area contributed by atoms with Gasteiger partial charge in [-0.3, -0.25) is 19.8 Å². The van der Waals surface area contributed by atoms with Crippen molar-refractivity contribution in [1.82, 2.24) is 19.8 Å². The van der Waals surface area contributed by atoms with Crippen LogP contribution < -0.4 is 5.19 Å². The van der Waals surface area contributed by atoms with Crippen LogP contribution in [-0.4, -0.2) is 40.9 Å². The highest BCUT2D eigenvalue weighted by molar-refractivity contribution is 6.93. The maximum absolute atomic E-state index is 6.02. The van der Waals surface area contributed by atoms with Gasteiger partial charge in [-0.1, -0.05) is 121 Å². The maximum atomic E-state index is 6.02. The number of piperidine rings is 2. The summed E-state index contributed by atoms with van der Waals surface area (Å²) in [6.45, 7) is 22.2. The molecule has 0 N–H and O–H groups in total. The van der Waals surface area contributed by atoms with Crippen molar-refractivity contribution in [3.8, 4) is 11.4 Å². The van der Waals surface area contributed by atoms with Gasteiger partial charge in [0, 0.05) is 24.5 Å². The third kappa shape index (κ3) is 6.01. The Morgan fingerprint density at radius 1 is 0.667 bits per heavy atom. The molecule has 4 aliphatic carbocycles. The maximum Gasteiger partial charge on any atom is 0.0888 e. The van der Waals surface area contributed by atoms with Crippen molar-refractivity contribution in [2.24, 2.45) is 35.5 Å². The molecule has 0 amide bonds. The van der Waals surface area contributed by atoms with Crippen LogP contribution >= 0.6 is 0 Å². The van der Waals surface area contributed by atoms with Crippen molar-refractivity contribution in [3.63, 3.8) is 0 Å². The Morgan fingerprint density at radius 3 is 1.70 bits per heavy atom. The van der Waals surface area contributed by atoms with E-state index in [9.17, 15) is 0 Å². The molecule has 10 rings (SSSR count). The molecule has 300 valence electrons. The molecule has 4 bridgehead atoms. The monoisotopic (exact) mass is 777 g/mol. The molecule has 0 unspecified atom stereocenters. The third-order valence-electron chi connectivity index (χ3n) is 17.3. The largest absolute Gasteiger partial charge is 0.289 e. The highest BCUT2D eigenvalue weighted by Crippen LogP contribution is 2.61. The second-order valence-electron chi connectivity index (χ2n) is 21.6. The zero-order valence-corrected chi connectivity index (χ0v) is 37.2. The topological polar surface area (TPSA) is 32.3 Å². The fraction of sp³-hybridized carbons (Fsp3) is 0.577. The van der Waals surface area contributed by atoms with Gasteiger partial charge in [-0.25, -0.2) is 0 Å². The molecule has 6 aliphatic rings. The van der Waals surface area contributed by atoms with Gasteiger partial charge in [-0.05, 0) is 151 Å². The summed E-state index contributed by atoms with van der Waals surface area (Å²) >= 11 is 0. The SMILES string of the molecule is C[C@@H]1C[C@H]2Cc3nc(-c4nc5c(cc4[Si](C)(C)C(C)(C)C)[C@@]46C[C@H](C)C[C@@H](C5)[C@H]4CCCN6Cc4ccccc4)ccc3[C@@]3(C1)[C@@H]2CCCN3Cc1ccccc1. The van der Waals surface area contributed by atoms with Gasteiger partial charge in [0.2, 0.25) is 0 Å². The molecule has 4 fully saturated rings. The second-order valence-corrected chi connectivity index (χ2v) is 26.9. The lowest BCUT2D eigenvalue weighted by molar-refractivity contribution is -0.0968. The molecule has 57 heavy (non-hydrogen) atoms. The predicted molar refractivity (Wildman–Crippen MR) is 238 cm³/mol. The molecule has 4 heterocycles. The van der Waals surface area contributed by atoms with Gasteiger partial charge in [0.25, 0.3) is 0 Å². The fourth-order valence-electron chi connectivity index (χ4n) is 14.0. The van der Waals surface area contributed by atoms with Crippen LogP contribution in [0.2, 0.25) is 18.1 Å². The minimum Gasteiger partial charge on any atom is -0.289 e. The van der Waals surface area contributed by atoms with Crippen molar-refractivity contribution in [3.05, 3.63) is 113 Å². The van der Waals surface area contributed by atoms with Crippen LogP contribution in [0.1, 0.15) is 120 Å². The molecular formula is C52H68N4Si. The quantitative estimate of drug-likeness (QED) is 0.183. The van der Waals surface area contributed by atoms with E-state index in [4.69, 9.17) is 9.97 Å². The first-order chi connectivity index (χ1) is 27.4. The average Bonchev–Trinajstić information content (AvgIpc) is 3.18. The van der Waals surface area contributed by atoms with Crippen LogP contribution in [0.3, 0.4) is 0 Å². The van der Waals surface area contributed by atoms with E-state index in [-0.39, 0.29) is 16.1 Å². The third-order valence-corrected chi connectivity index (χ3v) is 22.7. The van der Waals surface area contributed by atoms with Crippen LogP contribution in [0.4, 0.5) is 0 Å². The molecule has 2 aromatic carbocycles. The van der Waals surface area contributed by atoms with Crippen molar-refractivity contribution in [2.45, 2.75) is 141 Å². The molecule has 8 atom stereocenters. The van der Waals surface area contributed by atoms with Crippen LogP contribution in [0, 0.1) is 35.5 Å². The van der Waals surface area contributed by atoms with Crippen molar-refractivity contribution >= 4 is 13.3 Å². The van der Waals surface area contributed by atoms with E-state index in [1.165, 1.54) is 92.7 Å². The molecule has 2 aromatic heterocycles. The Hall–Kier alpha value is -3.12. The first kappa shape index (κ1) is 38.1. The Bertz CT molecular complexity index is 2120. The van der Waals surface area contributed by atoms with E-state index in [1.807, 2.05) is 0 Å². The Kier molecular flexibility index (Phi) is 9.35. The summed E-state index contributed by atoms with van der Waals surface area (Å²) in [4.78, 5) is 17.8. The summed E-state index contributed by atoms with van der Waals surface area (Å²) in [5, 5.41) is 1.72. The first-order valence-corrected chi connectivity index (χ1v) is 26.0. The Balaban J connectivity index is 1.13. The number of fused-ring (bicyclic) bond motifs is 2. The summed E-state index contributed by atoms with van der Waals surface area (Å²) in [6, 6.07) is 30.4. The van der Waals surface area contributed by atoms with Gasteiger partial charge in [0.05, 0.1) is 30.5 Å². The average molecular weight is 777 g/mol. The number of nitrogens with zero attached hydrogens (tertiary/aromatic N) is 4. The number of benzene rings is 2. The molecule has 0 spiro atoms. The van der Waals surface area contributed by atoms with E-state index >= 15 is 0 Å². The lowest BCUT2D eigenvalue weighted by atomic mass is 9.53. The van der Waals surface area contributed by atoms with Gasteiger partial charge in [-0.2, -0.15) is 0 Å². The second kappa shape index (κ2) is 14.0. The molecule has 4 aromatic rings. The van der Waals surface area contributed by atoms with Gasteiger partial charge in [0.1, 0.15) is 0 Å². The lowest BCUT2D eigenvalue weighted by Crippen LogP contribution is -2.62. The van der Waals surface area contributed by atoms with E-state index in [2.05, 4.69) is 136 Å². The normalized spacial score (nSPS) is 32.5. The summed E-state index contributed by atoms with van der Waals surface area (Å²) in [5.41, 5.74) is 11.3. The number of pyridine rings is 2. The number of hydrogen-bond acceptors (Lipinski definition) is 4. The van der Waals surface area contributed by atoms with Crippen LogP contribution in [-0.2, 0) is 37.0 Å². The number of likely N-dealkylation sites (tertiary alicyclic amines) is 2. The predicted octanol–water partition coefficient (Wildman–Crippen LogP) is 11.3. The molecule has 2 aliphatic heterocycles. The first-order valence-electron chi connectivity index (χ1n) is 23.0. The summed E-state index contributed by atoms with van der Waals surface area (Å²) in [6.07, 6.45) is 12.8. The van der Waals surface area contributed by atoms with Gasteiger partial charge in [0.15, 0.2) is 0 Å². The molecule has 5 heteroatoms. The minimum atomic E-state index is -2.06. The summed E-state index contributed by atoms with van der Waals surface area (Å²) in [5.74, 6) is 4.30. The van der Waals surface area contributed by atoms with E-state index in [1.54, 1.807) is 16.3 Å². The lowest BCUT2D eigenvalue weighted by Gasteiger charge is -2.62. The Morgan fingerprint density at radius 2 is 1.18 bits per heavy atom. The van der Waals surface area contributed by atoms with Crippen molar-refractivity contribution < 1.29 is 0 Å². The summed E-state index contributed by atoms with van der Waals surface area (Å²) < 4.78 is 0. The zero-order chi connectivity index (χ0) is 39.3. The molecular weight excluding hydrogens is 709 g/mol. The fourth-order valence-corrected chi connectivity index (χ4v) is 16.1. The van der Waals surface area contributed by atoms with Crippen molar-refractivity contribution in [2.75, 3.05) is 13.1 Å². The molecule has 2 saturated carbocycles. The minimum absolute atomic E-state index is 0.0570. The zero-order valence-electron chi connectivity index (χ0n) is 36.2. The number of aromatic nitrogens is 2. The summed E-state index contributed by atoms with van der Waals surface area (Å²) in [7, 11) is -2.06. The smallest absolute Gasteiger partial charge is 0.0888 e. The van der Waals surface area contributed by atoms with Crippen LogP contribution in [0.5, 0.6) is 0 Å². The highest BCUT2D eigenvalue weighted by atomic mass is 28.3. The number of hydrogen-bond donors (Lipinski definition) is 0. The Labute approximate surface area is 345 Å². The van der Waals surface area contributed by atoms with Gasteiger partial charge in [-0.15, -0.1) is 0 Å². The van der Waals surface area contributed by atoms with Crippen LogP contribution in [0.25, 0.3) is 11.4 Å². The van der Waals surface area contributed by atoms with Gasteiger partial charge < -0.3 is 0 Å². The van der Waals surface area contributed by atoms with Crippen molar-refractivity contribution in [1.29, 1.82) is 0 Å². The van der Waals surface area contributed by atoms with Crippen LogP contribution in [0.15, 0.2) is 78.9 Å². The molecule has 2 saturated heterocycles. The van der Waals surface area contributed by atoms with E-state index < -0.39 is 8.07 Å². The standard InChI is InChI=1S/C52H68N4Si/c1-35-26-39-28-46-43(51(31-35)41(39)20-14-24-55(51)33-37-16-10-8-11-17-37)22-23-45(53-46)49-48(57(6,7)50(3,4)5)30-44-47(54-49)29-40-27-36(2)32-52(44)42(40)21-15-25-56(52)34-38-18-12-9-13-19-38/h8-13,16-19,22-23,30,35-36,39-42H,14-15,20-21,24-29,31-34H2,1-7H3/t35-,36-,39+,40+,41-,42-,51-,52-/m1/s1. The molecule has 0 radical (unpaired) electrons.